The quantitative estimate of drug-likeness (QED) is 0.518. The number of rotatable bonds is 7. The average molecular weight is 217 g/mol. The molecule has 1 unspecified atom stereocenters. The summed E-state index contributed by atoms with van der Waals surface area (Å²) in [6.07, 6.45) is 5.50. The van der Waals surface area contributed by atoms with Gasteiger partial charge >= 0.3 is 0 Å². The zero-order valence-electron chi connectivity index (χ0n) is 9.24. The molecule has 0 aliphatic carbocycles. The lowest BCUT2D eigenvalue weighted by atomic mass is 10.2. The number of hydrogen-bond acceptors (Lipinski definition) is 3. The van der Waals surface area contributed by atoms with E-state index in [0.717, 1.165) is 25.4 Å². The van der Waals surface area contributed by atoms with Crippen LogP contribution < -0.4 is 0 Å². The standard InChI is InChI=1S/C11H23NOS/c1-2-12(7-3-4-9-14)10-11-6-5-8-13-11/h11,14H,2-10H2,1H3. The number of likely N-dealkylation sites (N-methyl/N-ethyl adjacent to an activating group) is 1. The second-order valence-corrected chi connectivity index (χ2v) is 4.41. The van der Waals surface area contributed by atoms with E-state index in [9.17, 15) is 0 Å². The third kappa shape index (κ3) is 4.67. The molecule has 1 aliphatic heterocycles. The predicted octanol–water partition coefficient (Wildman–Crippen LogP) is 2.20. The molecule has 0 spiro atoms. The smallest absolute Gasteiger partial charge is 0.0702 e. The Hall–Kier alpha value is 0.270. The minimum atomic E-state index is 0.506. The van der Waals surface area contributed by atoms with Crippen molar-refractivity contribution in [2.24, 2.45) is 0 Å². The van der Waals surface area contributed by atoms with Crippen LogP contribution in [0.3, 0.4) is 0 Å². The molecule has 0 amide bonds. The van der Waals surface area contributed by atoms with Crippen molar-refractivity contribution in [2.75, 3.05) is 32.0 Å². The lowest BCUT2D eigenvalue weighted by molar-refractivity contribution is 0.0744. The van der Waals surface area contributed by atoms with Gasteiger partial charge in [0.1, 0.15) is 0 Å². The van der Waals surface area contributed by atoms with Crippen LogP contribution in [-0.2, 0) is 4.74 Å². The first-order valence-electron chi connectivity index (χ1n) is 5.81. The number of nitrogens with zero attached hydrogens (tertiary/aromatic N) is 1. The number of thiol groups is 1. The summed E-state index contributed by atoms with van der Waals surface area (Å²) >= 11 is 4.23. The maximum Gasteiger partial charge on any atom is 0.0702 e. The maximum absolute atomic E-state index is 5.63. The van der Waals surface area contributed by atoms with Crippen molar-refractivity contribution >= 4 is 12.6 Å². The summed E-state index contributed by atoms with van der Waals surface area (Å²) in [5.41, 5.74) is 0. The van der Waals surface area contributed by atoms with E-state index < -0.39 is 0 Å². The van der Waals surface area contributed by atoms with Crippen LogP contribution in [0, 0.1) is 0 Å². The normalized spacial score (nSPS) is 22.1. The van der Waals surface area contributed by atoms with Gasteiger partial charge in [0.05, 0.1) is 6.10 Å². The Balaban J connectivity index is 2.10. The van der Waals surface area contributed by atoms with E-state index in [4.69, 9.17) is 4.74 Å². The molecule has 0 aromatic heterocycles. The van der Waals surface area contributed by atoms with Gasteiger partial charge < -0.3 is 9.64 Å². The highest BCUT2D eigenvalue weighted by atomic mass is 32.1. The van der Waals surface area contributed by atoms with Gasteiger partial charge in [-0.05, 0) is 44.5 Å². The fourth-order valence-corrected chi connectivity index (χ4v) is 2.13. The molecular weight excluding hydrogens is 194 g/mol. The van der Waals surface area contributed by atoms with Gasteiger partial charge in [0.25, 0.3) is 0 Å². The summed E-state index contributed by atoms with van der Waals surface area (Å²) in [7, 11) is 0. The molecule has 0 saturated carbocycles. The van der Waals surface area contributed by atoms with Crippen LogP contribution in [-0.4, -0.2) is 43.0 Å². The van der Waals surface area contributed by atoms with Gasteiger partial charge in [0.2, 0.25) is 0 Å². The van der Waals surface area contributed by atoms with Crippen molar-refractivity contribution in [3.8, 4) is 0 Å². The van der Waals surface area contributed by atoms with Crippen LogP contribution in [0.15, 0.2) is 0 Å². The highest BCUT2D eigenvalue weighted by Crippen LogP contribution is 2.13. The minimum absolute atomic E-state index is 0.506. The van der Waals surface area contributed by atoms with E-state index in [1.54, 1.807) is 0 Å². The van der Waals surface area contributed by atoms with Crippen LogP contribution in [0.4, 0.5) is 0 Å². The van der Waals surface area contributed by atoms with Crippen LogP contribution in [0.25, 0.3) is 0 Å². The second kappa shape index (κ2) is 7.55. The lowest BCUT2D eigenvalue weighted by Crippen LogP contribution is -2.32. The molecule has 0 aromatic rings. The van der Waals surface area contributed by atoms with Gasteiger partial charge in [0.15, 0.2) is 0 Å². The molecule has 1 heterocycles. The van der Waals surface area contributed by atoms with Gasteiger partial charge in [0, 0.05) is 13.2 Å². The van der Waals surface area contributed by atoms with Crippen molar-refractivity contribution in [2.45, 2.75) is 38.7 Å². The Labute approximate surface area is 93.4 Å². The Morgan fingerprint density at radius 3 is 2.86 bits per heavy atom. The molecule has 3 heteroatoms. The summed E-state index contributed by atoms with van der Waals surface area (Å²) in [6.45, 7) is 6.68. The molecule has 14 heavy (non-hydrogen) atoms. The Bertz CT molecular complexity index is 137. The number of ether oxygens (including phenoxy) is 1. The number of unbranched alkanes of at least 4 members (excludes halogenated alkanes) is 1. The maximum atomic E-state index is 5.63. The molecule has 1 rings (SSSR count). The summed E-state index contributed by atoms with van der Waals surface area (Å²) in [4.78, 5) is 2.50. The highest BCUT2D eigenvalue weighted by molar-refractivity contribution is 7.80. The molecule has 1 saturated heterocycles. The third-order valence-corrected chi connectivity index (χ3v) is 3.13. The van der Waals surface area contributed by atoms with Gasteiger partial charge in [-0.3, -0.25) is 0 Å². The van der Waals surface area contributed by atoms with E-state index in [0.29, 0.717) is 6.10 Å². The third-order valence-electron chi connectivity index (χ3n) is 2.82. The van der Waals surface area contributed by atoms with Crippen molar-refractivity contribution in [1.29, 1.82) is 0 Å². The molecule has 1 fully saturated rings. The van der Waals surface area contributed by atoms with E-state index in [1.165, 1.54) is 32.2 Å². The largest absolute Gasteiger partial charge is 0.377 e. The first kappa shape index (κ1) is 12.3. The van der Waals surface area contributed by atoms with Crippen molar-refractivity contribution in [1.82, 2.24) is 4.90 Å². The molecular formula is C11H23NOS. The van der Waals surface area contributed by atoms with Gasteiger partial charge in [-0.25, -0.2) is 0 Å². The Morgan fingerprint density at radius 1 is 1.43 bits per heavy atom. The van der Waals surface area contributed by atoms with E-state index in [2.05, 4.69) is 24.5 Å². The Morgan fingerprint density at radius 2 is 2.29 bits per heavy atom. The molecule has 1 aliphatic rings. The summed E-state index contributed by atoms with van der Waals surface area (Å²) in [5.74, 6) is 1.01. The fourth-order valence-electron chi connectivity index (χ4n) is 1.90. The zero-order valence-corrected chi connectivity index (χ0v) is 10.1. The average Bonchev–Trinajstić information content (AvgIpc) is 2.69. The molecule has 2 nitrogen and oxygen atoms in total. The van der Waals surface area contributed by atoms with Crippen molar-refractivity contribution in [3.63, 3.8) is 0 Å². The van der Waals surface area contributed by atoms with Crippen molar-refractivity contribution < 1.29 is 4.74 Å². The van der Waals surface area contributed by atoms with Crippen LogP contribution in [0.5, 0.6) is 0 Å². The van der Waals surface area contributed by atoms with Gasteiger partial charge in [-0.15, -0.1) is 0 Å². The van der Waals surface area contributed by atoms with E-state index in [1.807, 2.05) is 0 Å². The molecule has 0 N–H and O–H groups in total. The van der Waals surface area contributed by atoms with Crippen LogP contribution in [0.2, 0.25) is 0 Å². The highest BCUT2D eigenvalue weighted by Gasteiger charge is 2.17. The van der Waals surface area contributed by atoms with E-state index in [-0.39, 0.29) is 0 Å². The molecule has 0 bridgehead atoms. The first-order chi connectivity index (χ1) is 6.86. The van der Waals surface area contributed by atoms with Gasteiger partial charge in [-0.1, -0.05) is 6.92 Å². The molecule has 0 radical (unpaired) electrons. The Kier molecular flexibility index (Phi) is 6.65. The zero-order chi connectivity index (χ0) is 10.2. The SMILES string of the molecule is CCN(CCCCS)CC1CCCO1. The first-order valence-corrected chi connectivity index (χ1v) is 6.45. The van der Waals surface area contributed by atoms with Gasteiger partial charge in [-0.2, -0.15) is 12.6 Å². The van der Waals surface area contributed by atoms with Crippen molar-refractivity contribution in [3.05, 3.63) is 0 Å². The lowest BCUT2D eigenvalue weighted by Gasteiger charge is -2.23. The van der Waals surface area contributed by atoms with E-state index >= 15 is 0 Å². The molecule has 84 valence electrons. The van der Waals surface area contributed by atoms with Crippen LogP contribution >= 0.6 is 12.6 Å². The predicted molar refractivity (Wildman–Crippen MR) is 64.2 cm³/mol. The topological polar surface area (TPSA) is 12.5 Å². The number of hydrogen-bond donors (Lipinski definition) is 1. The second-order valence-electron chi connectivity index (χ2n) is 3.96. The summed E-state index contributed by atoms with van der Waals surface area (Å²) < 4.78 is 5.63. The summed E-state index contributed by atoms with van der Waals surface area (Å²) in [6, 6.07) is 0. The summed E-state index contributed by atoms with van der Waals surface area (Å²) in [5, 5.41) is 0. The minimum Gasteiger partial charge on any atom is -0.377 e. The fraction of sp³-hybridized carbons (Fsp3) is 1.00. The molecule has 1 atom stereocenters. The molecule has 0 aromatic carbocycles. The monoisotopic (exact) mass is 217 g/mol. The van der Waals surface area contributed by atoms with Crippen LogP contribution in [0.1, 0.15) is 32.6 Å².